The average molecular weight is 345 g/mol. The monoisotopic (exact) mass is 344 g/mol. The van der Waals surface area contributed by atoms with Gasteiger partial charge in [0, 0.05) is 14.7 Å². The molecule has 0 fully saturated rings. The second-order valence-electron chi connectivity index (χ2n) is 8.24. The topological polar surface area (TPSA) is 29.5 Å². The number of aliphatic hydroxyl groups excluding tert-OH is 1. The number of hydrogen-bond donors (Lipinski definition) is 1. The minimum atomic E-state index is -0.783. The van der Waals surface area contributed by atoms with Gasteiger partial charge in [-0.25, -0.2) is 0 Å². The van der Waals surface area contributed by atoms with Crippen molar-refractivity contribution in [2.75, 3.05) is 19.8 Å². The van der Waals surface area contributed by atoms with Crippen LogP contribution in [0.25, 0.3) is 0 Å². The lowest BCUT2D eigenvalue weighted by atomic mass is 10.0. The highest BCUT2D eigenvalue weighted by Gasteiger charge is 2.11. The van der Waals surface area contributed by atoms with Crippen LogP contribution in [0, 0.1) is 0 Å². The highest BCUT2D eigenvalue weighted by molar-refractivity contribution is 6.76. The molecular formula is C20H44O2Si. The SMILES string of the molecule is C[Si](C)(C)CCCCCCCCCCCCCCCOCCO. The molecule has 0 rings (SSSR count). The first-order chi connectivity index (χ1) is 11.1. The molecule has 0 heterocycles. The lowest BCUT2D eigenvalue weighted by Crippen LogP contribution is -2.18. The predicted octanol–water partition coefficient (Wildman–Crippen LogP) is 6.40. The summed E-state index contributed by atoms with van der Waals surface area (Å²) in [5.41, 5.74) is 0. The van der Waals surface area contributed by atoms with Crippen molar-refractivity contribution in [2.24, 2.45) is 0 Å². The maximum absolute atomic E-state index is 8.59. The first kappa shape index (κ1) is 23.1. The van der Waals surface area contributed by atoms with E-state index in [-0.39, 0.29) is 6.61 Å². The van der Waals surface area contributed by atoms with E-state index in [0.29, 0.717) is 6.61 Å². The number of ether oxygens (including phenoxy) is 1. The van der Waals surface area contributed by atoms with E-state index in [1.54, 1.807) is 0 Å². The van der Waals surface area contributed by atoms with Crippen molar-refractivity contribution in [2.45, 2.75) is 109 Å². The maximum Gasteiger partial charge on any atom is 0.0697 e. The van der Waals surface area contributed by atoms with E-state index in [0.717, 1.165) is 13.0 Å². The van der Waals surface area contributed by atoms with Crippen molar-refractivity contribution in [3.63, 3.8) is 0 Å². The van der Waals surface area contributed by atoms with Crippen molar-refractivity contribution in [1.82, 2.24) is 0 Å². The zero-order valence-corrected chi connectivity index (χ0v) is 17.4. The third-order valence-corrected chi connectivity index (χ3v) is 6.30. The normalized spacial score (nSPS) is 12.0. The van der Waals surface area contributed by atoms with Gasteiger partial charge in [-0.2, -0.15) is 0 Å². The molecule has 0 saturated carbocycles. The quantitative estimate of drug-likeness (QED) is 0.230. The number of hydrogen-bond acceptors (Lipinski definition) is 2. The van der Waals surface area contributed by atoms with Crippen molar-refractivity contribution in [3.05, 3.63) is 0 Å². The van der Waals surface area contributed by atoms with Crippen LogP contribution >= 0.6 is 0 Å². The van der Waals surface area contributed by atoms with Gasteiger partial charge in [-0.15, -0.1) is 0 Å². The van der Waals surface area contributed by atoms with Crippen molar-refractivity contribution in [3.8, 4) is 0 Å². The van der Waals surface area contributed by atoms with Gasteiger partial charge < -0.3 is 9.84 Å². The van der Waals surface area contributed by atoms with E-state index in [9.17, 15) is 0 Å². The summed E-state index contributed by atoms with van der Waals surface area (Å²) in [6, 6.07) is 1.51. The third kappa shape index (κ3) is 22.1. The highest BCUT2D eigenvalue weighted by atomic mass is 28.3. The van der Waals surface area contributed by atoms with Crippen LogP contribution in [0.5, 0.6) is 0 Å². The second-order valence-corrected chi connectivity index (χ2v) is 13.9. The van der Waals surface area contributed by atoms with E-state index in [4.69, 9.17) is 9.84 Å². The molecule has 0 bridgehead atoms. The predicted molar refractivity (Wildman–Crippen MR) is 106 cm³/mol. The summed E-state index contributed by atoms with van der Waals surface area (Å²) in [7, 11) is -0.783. The fourth-order valence-corrected chi connectivity index (χ4v) is 4.28. The summed E-state index contributed by atoms with van der Waals surface area (Å²) in [5, 5.41) is 8.59. The third-order valence-electron chi connectivity index (χ3n) is 4.45. The van der Waals surface area contributed by atoms with Gasteiger partial charge in [0.2, 0.25) is 0 Å². The smallest absolute Gasteiger partial charge is 0.0697 e. The van der Waals surface area contributed by atoms with Gasteiger partial charge in [0.15, 0.2) is 0 Å². The molecular weight excluding hydrogens is 300 g/mol. The molecule has 0 radical (unpaired) electrons. The zero-order chi connectivity index (χ0) is 17.2. The Morgan fingerprint density at radius 2 is 0.957 bits per heavy atom. The molecule has 0 aromatic heterocycles. The van der Waals surface area contributed by atoms with E-state index in [1.807, 2.05) is 0 Å². The molecule has 0 atom stereocenters. The van der Waals surface area contributed by atoms with Crippen molar-refractivity contribution in [1.29, 1.82) is 0 Å². The van der Waals surface area contributed by atoms with Gasteiger partial charge in [0.05, 0.1) is 13.2 Å². The molecule has 0 saturated heterocycles. The van der Waals surface area contributed by atoms with Gasteiger partial charge >= 0.3 is 0 Å². The van der Waals surface area contributed by atoms with Gasteiger partial charge in [0.1, 0.15) is 0 Å². The summed E-state index contributed by atoms with van der Waals surface area (Å²) >= 11 is 0. The Morgan fingerprint density at radius 3 is 1.35 bits per heavy atom. The van der Waals surface area contributed by atoms with Crippen LogP contribution in [0.2, 0.25) is 25.7 Å². The van der Waals surface area contributed by atoms with Gasteiger partial charge in [-0.3, -0.25) is 0 Å². The molecule has 1 N–H and O–H groups in total. The largest absolute Gasteiger partial charge is 0.394 e. The number of rotatable bonds is 18. The first-order valence-electron chi connectivity index (χ1n) is 10.2. The first-order valence-corrected chi connectivity index (χ1v) is 14.0. The van der Waals surface area contributed by atoms with Gasteiger partial charge in [0.25, 0.3) is 0 Å². The molecule has 140 valence electrons. The lowest BCUT2D eigenvalue weighted by molar-refractivity contribution is 0.0895. The minimum absolute atomic E-state index is 0.151. The van der Waals surface area contributed by atoms with Crippen LogP contribution in [0.4, 0.5) is 0 Å². The van der Waals surface area contributed by atoms with Crippen LogP contribution in [-0.4, -0.2) is 33.0 Å². The molecule has 2 nitrogen and oxygen atoms in total. The second kappa shape index (κ2) is 17.0. The van der Waals surface area contributed by atoms with Crippen molar-refractivity contribution < 1.29 is 9.84 Å². The highest BCUT2D eigenvalue weighted by Crippen LogP contribution is 2.16. The Kier molecular flexibility index (Phi) is 17.1. The van der Waals surface area contributed by atoms with Crippen LogP contribution in [0.1, 0.15) is 83.5 Å². The molecule has 0 aliphatic carbocycles. The molecule has 0 unspecified atom stereocenters. The van der Waals surface area contributed by atoms with E-state index >= 15 is 0 Å². The van der Waals surface area contributed by atoms with Crippen LogP contribution in [-0.2, 0) is 4.74 Å². The molecule has 23 heavy (non-hydrogen) atoms. The van der Waals surface area contributed by atoms with Gasteiger partial charge in [-0.05, 0) is 6.42 Å². The Balaban J connectivity index is 3.00. The molecule has 0 aromatic rings. The summed E-state index contributed by atoms with van der Waals surface area (Å²) < 4.78 is 5.26. The average Bonchev–Trinajstić information content (AvgIpc) is 2.49. The van der Waals surface area contributed by atoms with Crippen LogP contribution in [0.15, 0.2) is 0 Å². The summed E-state index contributed by atoms with van der Waals surface area (Å²) in [5.74, 6) is 0. The molecule has 0 amide bonds. The summed E-state index contributed by atoms with van der Waals surface area (Å²) in [4.78, 5) is 0. The van der Waals surface area contributed by atoms with E-state index in [2.05, 4.69) is 19.6 Å². The van der Waals surface area contributed by atoms with Crippen LogP contribution < -0.4 is 0 Å². The Morgan fingerprint density at radius 1 is 0.565 bits per heavy atom. The van der Waals surface area contributed by atoms with E-state index in [1.165, 1.54) is 83.1 Å². The molecule has 0 aliphatic rings. The summed E-state index contributed by atoms with van der Waals surface area (Å²) in [6.45, 7) is 8.92. The Labute approximate surface area is 147 Å². The molecule has 0 aliphatic heterocycles. The van der Waals surface area contributed by atoms with E-state index < -0.39 is 8.07 Å². The van der Waals surface area contributed by atoms with Crippen molar-refractivity contribution >= 4 is 8.07 Å². The summed E-state index contributed by atoms with van der Waals surface area (Å²) in [6.07, 6.45) is 18.2. The Hall–Kier alpha value is 0.137. The Bertz CT molecular complexity index is 226. The minimum Gasteiger partial charge on any atom is -0.394 e. The zero-order valence-electron chi connectivity index (χ0n) is 16.4. The van der Waals surface area contributed by atoms with Gasteiger partial charge in [-0.1, -0.05) is 103 Å². The fraction of sp³-hybridized carbons (Fsp3) is 1.00. The number of aliphatic hydroxyl groups is 1. The molecule has 0 spiro atoms. The fourth-order valence-electron chi connectivity index (χ4n) is 2.97. The number of unbranched alkanes of at least 4 members (excludes halogenated alkanes) is 12. The lowest BCUT2D eigenvalue weighted by Gasteiger charge is -2.14. The maximum atomic E-state index is 8.59. The molecule has 0 aromatic carbocycles. The molecule has 3 heteroatoms. The standard InChI is InChI=1S/C20H44O2Si/c1-23(2,3)20-16-14-12-10-8-6-4-5-7-9-11-13-15-18-22-19-17-21/h21H,4-20H2,1-3H3. The van der Waals surface area contributed by atoms with Crippen LogP contribution in [0.3, 0.4) is 0 Å².